The number of nitrogens with zero attached hydrogens (tertiary/aromatic N) is 3. The number of benzene rings is 1. The van der Waals surface area contributed by atoms with Crippen LogP contribution in [-0.4, -0.2) is 32.9 Å². The minimum Gasteiger partial charge on any atom is -0.460 e. The molecule has 1 saturated carbocycles. The van der Waals surface area contributed by atoms with Crippen molar-refractivity contribution in [2.24, 2.45) is 0 Å². The third-order valence-electron chi connectivity index (χ3n) is 4.55. The normalized spacial score (nSPS) is 19.3. The topological polar surface area (TPSA) is 107 Å². The maximum Gasteiger partial charge on any atom is 0.316 e. The van der Waals surface area contributed by atoms with Crippen molar-refractivity contribution in [3.63, 3.8) is 0 Å². The maximum atomic E-state index is 12.8. The number of carbonyl (C=O) groups excluding carboxylic acids is 1. The van der Waals surface area contributed by atoms with E-state index in [0.29, 0.717) is 31.2 Å². The number of rotatable bonds is 5. The van der Waals surface area contributed by atoms with Crippen LogP contribution in [0.5, 0.6) is 6.01 Å². The quantitative estimate of drug-likeness (QED) is 0.637. The Balaban J connectivity index is 1.53. The first kappa shape index (κ1) is 18.7. The molecular formula is C18H19FN4O4. The summed E-state index contributed by atoms with van der Waals surface area (Å²) in [7, 11) is 0. The highest BCUT2D eigenvalue weighted by Crippen LogP contribution is 2.23. The van der Waals surface area contributed by atoms with E-state index in [1.54, 1.807) is 19.1 Å². The molecule has 1 N–H and O–H groups in total. The molecular weight excluding hydrogens is 355 g/mol. The molecule has 1 amide bonds. The predicted molar refractivity (Wildman–Crippen MR) is 94.0 cm³/mol. The molecule has 8 nitrogen and oxygen atoms in total. The molecule has 1 aromatic heterocycles. The molecule has 2 aromatic rings. The summed E-state index contributed by atoms with van der Waals surface area (Å²) in [6, 6.07) is 4.55. The Labute approximate surface area is 154 Å². The Morgan fingerprint density at radius 1 is 1.26 bits per heavy atom. The zero-order valence-electron chi connectivity index (χ0n) is 14.7. The van der Waals surface area contributed by atoms with Crippen LogP contribution < -0.4 is 10.1 Å². The summed E-state index contributed by atoms with van der Waals surface area (Å²) in [5, 5.41) is 13.9. The van der Waals surface area contributed by atoms with E-state index >= 15 is 0 Å². The Bertz CT molecular complexity index is 836. The summed E-state index contributed by atoms with van der Waals surface area (Å²) in [5.41, 5.74) is 0.710. The highest BCUT2D eigenvalue weighted by molar-refractivity contribution is 5.95. The summed E-state index contributed by atoms with van der Waals surface area (Å²) < 4.78 is 18.4. The average Bonchev–Trinajstić information content (AvgIpc) is 2.65. The Kier molecular flexibility index (Phi) is 5.58. The zero-order chi connectivity index (χ0) is 19.4. The first-order valence-corrected chi connectivity index (χ1v) is 8.62. The minimum atomic E-state index is -0.523. The molecule has 3 rings (SSSR count). The lowest BCUT2D eigenvalue weighted by atomic mass is 9.92. The number of aromatic nitrogens is 2. The van der Waals surface area contributed by atoms with Crippen molar-refractivity contribution in [3.8, 4) is 6.01 Å². The van der Waals surface area contributed by atoms with Gasteiger partial charge in [0.1, 0.15) is 6.10 Å². The number of hydrogen-bond acceptors (Lipinski definition) is 6. The molecule has 1 heterocycles. The molecule has 0 bridgehead atoms. The maximum absolute atomic E-state index is 12.8. The molecule has 142 valence electrons. The Morgan fingerprint density at radius 2 is 1.93 bits per heavy atom. The third-order valence-corrected chi connectivity index (χ3v) is 4.55. The molecule has 1 aromatic carbocycles. The minimum absolute atomic E-state index is 0.0353. The molecule has 0 atom stereocenters. The average molecular weight is 374 g/mol. The van der Waals surface area contributed by atoms with Gasteiger partial charge in [-0.2, -0.15) is 0 Å². The molecule has 1 aliphatic carbocycles. The highest BCUT2D eigenvalue weighted by atomic mass is 19.1. The van der Waals surface area contributed by atoms with Crippen molar-refractivity contribution < 1.29 is 18.8 Å². The molecule has 1 aliphatic rings. The van der Waals surface area contributed by atoms with Gasteiger partial charge in [-0.25, -0.2) is 14.4 Å². The summed E-state index contributed by atoms with van der Waals surface area (Å²) in [5.74, 6) is -0.852. The first-order valence-electron chi connectivity index (χ1n) is 8.62. The molecule has 0 unspecified atom stereocenters. The van der Waals surface area contributed by atoms with Gasteiger partial charge in [-0.05, 0) is 38.7 Å². The van der Waals surface area contributed by atoms with E-state index in [1.807, 2.05) is 0 Å². The lowest BCUT2D eigenvalue weighted by molar-refractivity contribution is -0.385. The van der Waals surface area contributed by atoms with Gasteiger partial charge in [0.05, 0.1) is 17.3 Å². The van der Waals surface area contributed by atoms with Gasteiger partial charge in [0.15, 0.2) is 5.82 Å². The van der Waals surface area contributed by atoms with Gasteiger partial charge in [0.25, 0.3) is 11.6 Å². The smallest absolute Gasteiger partial charge is 0.316 e. The van der Waals surface area contributed by atoms with Crippen LogP contribution in [0.2, 0.25) is 0 Å². The number of hydrogen-bond donors (Lipinski definition) is 1. The Hall–Kier alpha value is -3.10. The van der Waals surface area contributed by atoms with Gasteiger partial charge in [-0.15, -0.1) is 0 Å². The monoisotopic (exact) mass is 374 g/mol. The van der Waals surface area contributed by atoms with Crippen LogP contribution in [0.1, 0.15) is 41.6 Å². The molecule has 27 heavy (non-hydrogen) atoms. The fraction of sp³-hybridized carbons (Fsp3) is 0.389. The van der Waals surface area contributed by atoms with E-state index in [0.717, 1.165) is 12.4 Å². The first-order chi connectivity index (χ1) is 12.9. The number of nitro groups is 1. The van der Waals surface area contributed by atoms with Crippen molar-refractivity contribution >= 4 is 11.6 Å². The van der Waals surface area contributed by atoms with E-state index in [-0.39, 0.29) is 35.3 Å². The van der Waals surface area contributed by atoms with Crippen molar-refractivity contribution in [3.05, 3.63) is 57.7 Å². The van der Waals surface area contributed by atoms with Gasteiger partial charge in [-0.3, -0.25) is 14.9 Å². The van der Waals surface area contributed by atoms with E-state index < -0.39 is 10.7 Å². The summed E-state index contributed by atoms with van der Waals surface area (Å²) in [4.78, 5) is 30.5. The number of nitro benzene ring substituents is 1. The van der Waals surface area contributed by atoms with E-state index in [4.69, 9.17) is 4.74 Å². The largest absolute Gasteiger partial charge is 0.460 e. The molecule has 1 fully saturated rings. The lowest BCUT2D eigenvalue weighted by Crippen LogP contribution is -2.39. The van der Waals surface area contributed by atoms with E-state index in [1.165, 1.54) is 6.07 Å². The fourth-order valence-electron chi connectivity index (χ4n) is 3.05. The highest BCUT2D eigenvalue weighted by Gasteiger charge is 2.25. The van der Waals surface area contributed by atoms with Crippen LogP contribution in [0.15, 0.2) is 30.6 Å². The van der Waals surface area contributed by atoms with Crippen LogP contribution in [0.4, 0.5) is 10.1 Å². The van der Waals surface area contributed by atoms with Gasteiger partial charge in [0, 0.05) is 23.2 Å². The number of nitrogens with one attached hydrogen (secondary N) is 1. The summed E-state index contributed by atoms with van der Waals surface area (Å²) in [6.45, 7) is 1.63. The van der Waals surface area contributed by atoms with Crippen molar-refractivity contribution in [2.45, 2.75) is 44.8 Å². The van der Waals surface area contributed by atoms with E-state index in [2.05, 4.69) is 15.3 Å². The third kappa shape index (κ3) is 4.75. The van der Waals surface area contributed by atoms with Crippen molar-refractivity contribution in [1.29, 1.82) is 0 Å². The second-order valence-electron chi connectivity index (χ2n) is 6.51. The second kappa shape index (κ2) is 8.07. The number of amides is 1. The molecule has 0 spiro atoms. The van der Waals surface area contributed by atoms with Gasteiger partial charge < -0.3 is 10.1 Å². The second-order valence-corrected chi connectivity index (χ2v) is 6.51. The van der Waals surface area contributed by atoms with Crippen molar-refractivity contribution in [1.82, 2.24) is 15.3 Å². The van der Waals surface area contributed by atoms with Crippen LogP contribution in [-0.2, 0) is 0 Å². The molecule has 9 heteroatoms. The Morgan fingerprint density at radius 3 is 2.56 bits per heavy atom. The van der Waals surface area contributed by atoms with Crippen LogP contribution in [0.25, 0.3) is 0 Å². The molecule has 0 saturated heterocycles. The summed E-state index contributed by atoms with van der Waals surface area (Å²) in [6.07, 6.45) is 4.80. The fourth-order valence-corrected chi connectivity index (χ4v) is 3.05. The number of carbonyl (C=O) groups is 1. The van der Waals surface area contributed by atoms with Crippen molar-refractivity contribution in [2.75, 3.05) is 0 Å². The zero-order valence-corrected chi connectivity index (χ0v) is 14.7. The van der Waals surface area contributed by atoms with Gasteiger partial charge >= 0.3 is 6.01 Å². The molecule has 0 aliphatic heterocycles. The molecule has 0 radical (unpaired) electrons. The lowest BCUT2D eigenvalue weighted by Gasteiger charge is -2.28. The van der Waals surface area contributed by atoms with Crippen LogP contribution in [0.3, 0.4) is 0 Å². The van der Waals surface area contributed by atoms with Gasteiger partial charge in [0.2, 0.25) is 0 Å². The number of halogens is 1. The van der Waals surface area contributed by atoms with Gasteiger partial charge in [-0.1, -0.05) is 6.07 Å². The van der Waals surface area contributed by atoms with Crippen LogP contribution >= 0.6 is 0 Å². The number of ether oxygens (including phenoxy) is 1. The number of aryl methyl sites for hydroxylation is 1. The van der Waals surface area contributed by atoms with Crippen LogP contribution in [0, 0.1) is 22.9 Å². The standard InChI is InChI=1S/C18H19FN4O4/c1-11-2-3-12(8-16(11)23(25)26)17(24)22-14-4-6-15(7-5-14)27-18-20-9-13(19)10-21-18/h2-3,8-10,14-15H,4-7H2,1H3,(H,22,24). The van der Waals surface area contributed by atoms with E-state index in [9.17, 15) is 19.3 Å². The predicted octanol–water partition coefficient (Wildman–Crippen LogP) is 2.95. The SMILES string of the molecule is Cc1ccc(C(=O)NC2CCC(Oc3ncc(F)cn3)CC2)cc1[N+](=O)[O-]. The summed E-state index contributed by atoms with van der Waals surface area (Å²) >= 11 is 0.